The van der Waals surface area contributed by atoms with Crippen molar-refractivity contribution in [2.45, 2.75) is 13.0 Å². The van der Waals surface area contributed by atoms with Crippen LogP contribution in [0, 0.1) is 12.7 Å². The Kier molecular flexibility index (Phi) is 4.20. The van der Waals surface area contributed by atoms with Crippen molar-refractivity contribution in [3.05, 3.63) is 67.9 Å². The van der Waals surface area contributed by atoms with E-state index in [1.165, 1.54) is 6.07 Å². The fraction of sp³-hybridized carbons (Fsp3) is 0.143. The molecular weight excluding hydrogens is 361 g/mol. The molecule has 2 N–H and O–H groups in total. The van der Waals surface area contributed by atoms with E-state index in [4.69, 9.17) is 5.73 Å². The zero-order chi connectivity index (χ0) is 13.3. The van der Waals surface area contributed by atoms with Crippen LogP contribution in [-0.4, -0.2) is 0 Å². The van der Waals surface area contributed by atoms with Gasteiger partial charge in [-0.15, -0.1) is 0 Å². The molecule has 0 heterocycles. The number of rotatable bonds is 2. The first-order valence-electron chi connectivity index (χ1n) is 5.45. The third-order valence-electron chi connectivity index (χ3n) is 2.87. The molecule has 0 fully saturated rings. The first kappa shape index (κ1) is 13.7. The van der Waals surface area contributed by atoms with E-state index in [0.717, 1.165) is 21.2 Å². The van der Waals surface area contributed by atoms with E-state index in [9.17, 15) is 4.39 Å². The van der Waals surface area contributed by atoms with Crippen LogP contribution in [0.5, 0.6) is 0 Å². The Balaban J connectivity index is 2.41. The molecule has 0 aliphatic carbocycles. The van der Waals surface area contributed by atoms with Crippen molar-refractivity contribution in [1.82, 2.24) is 0 Å². The normalized spacial score (nSPS) is 12.5. The summed E-state index contributed by atoms with van der Waals surface area (Å²) < 4.78 is 14.7. The lowest BCUT2D eigenvalue weighted by Gasteiger charge is -2.16. The highest BCUT2D eigenvalue weighted by molar-refractivity contribution is 9.10. The summed E-state index contributed by atoms with van der Waals surface area (Å²) >= 11 is 6.60. The number of hydrogen-bond donors (Lipinski definition) is 1. The van der Waals surface area contributed by atoms with Crippen molar-refractivity contribution < 1.29 is 4.39 Å². The molecule has 0 spiro atoms. The van der Waals surface area contributed by atoms with Gasteiger partial charge in [-0.1, -0.05) is 28.1 Å². The van der Waals surface area contributed by atoms with E-state index in [-0.39, 0.29) is 11.9 Å². The van der Waals surface area contributed by atoms with Gasteiger partial charge >= 0.3 is 0 Å². The number of hydrogen-bond acceptors (Lipinski definition) is 1. The molecule has 0 saturated carbocycles. The van der Waals surface area contributed by atoms with Gasteiger partial charge in [-0.25, -0.2) is 4.39 Å². The molecule has 2 aromatic carbocycles. The molecule has 0 bridgehead atoms. The van der Waals surface area contributed by atoms with Crippen molar-refractivity contribution in [1.29, 1.82) is 0 Å². The first-order chi connectivity index (χ1) is 8.49. The predicted octanol–water partition coefficient (Wildman–Crippen LogP) is 4.71. The average Bonchev–Trinajstić information content (AvgIpc) is 2.32. The number of benzene rings is 2. The van der Waals surface area contributed by atoms with Gasteiger partial charge in [0, 0.05) is 4.47 Å². The molecule has 4 heteroatoms. The Hall–Kier alpha value is -0.710. The lowest BCUT2D eigenvalue weighted by atomic mass is 9.96. The maximum absolute atomic E-state index is 13.2. The summed E-state index contributed by atoms with van der Waals surface area (Å²) in [5.41, 5.74) is 9.26. The molecule has 0 amide bonds. The Labute approximate surface area is 122 Å². The van der Waals surface area contributed by atoms with Gasteiger partial charge in [-0.3, -0.25) is 0 Å². The van der Waals surface area contributed by atoms with Crippen LogP contribution in [-0.2, 0) is 0 Å². The van der Waals surface area contributed by atoms with Crippen LogP contribution >= 0.6 is 31.9 Å². The summed E-state index contributed by atoms with van der Waals surface area (Å²) in [6.07, 6.45) is 0. The fourth-order valence-corrected chi connectivity index (χ4v) is 2.75. The van der Waals surface area contributed by atoms with E-state index in [0.29, 0.717) is 4.47 Å². The summed E-state index contributed by atoms with van der Waals surface area (Å²) in [7, 11) is 0. The van der Waals surface area contributed by atoms with Crippen molar-refractivity contribution in [3.8, 4) is 0 Å². The molecule has 94 valence electrons. The second kappa shape index (κ2) is 5.51. The van der Waals surface area contributed by atoms with E-state index < -0.39 is 0 Å². The summed E-state index contributed by atoms with van der Waals surface area (Å²) in [6, 6.07) is 10.6. The Bertz CT molecular complexity index is 584. The van der Waals surface area contributed by atoms with Gasteiger partial charge in [0.1, 0.15) is 5.82 Å². The molecule has 1 atom stereocenters. The third-order valence-corrected chi connectivity index (χ3v) is 3.97. The van der Waals surface area contributed by atoms with Gasteiger partial charge in [0.25, 0.3) is 0 Å². The standard InChI is InChI=1S/C14H12Br2FN/c1-8-6-10(15)3-4-11(8)14(18)9-2-5-13(17)12(16)7-9/h2-7,14H,18H2,1H3. The Morgan fingerprint density at radius 1 is 1.11 bits per heavy atom. The number of halogens is 3. The summed E-state index contributed by atoms with van der Waals surface area (Å²) in [5, 5.41) is 0. The highest BCUT2D eigenvalue weighted by atomic mass is 79.9. The lowest BCUT2D eigenvalue weighted by molar-refractivity contribution is 0.619. The highest BCUT2D eigenvalue weighted by Crippen LogP contribution is 2.27. The zero-order valence-corrected chi connectivity index (χ0v) is 12.9. The molecule has 18 heavy (non-hydrogen) atoms. The predicted molar refractivity (Wildman–Crippen MR) is 79.0 cm³/mol. The van der Waals surface area contributed by atoms with E-state index in [1.54, 1.807) is 12.1 Å². The number of aryl methyl sites for hydroxylation is 1. The fourth-order valence-electron chi connectivity index (χ4n) is 1.87. The topological polar surface area (TPSA) is 26.0 Å². The first-order valence-corrected chi connectivity index (χ1v) is 7.04. The van der Waals surface area contributed by atoms with Gasteiger partial charge in [0.05, 0.1) is 10.5 Å². The molecule has 0 aliphatic rings. The van der Waals surface area contributed by atoms with Crippen LogP contribution in [0.4, 0.5) is 4.39 Å². The highest BCUT2D eigenvalue weighted by Gasteiger charge is 2.13. The van der Waals surface area contributed by atoms with Crippen LogP contribution < -0.4 is 5.73 Å². The smallest absolute Gasteiger partial charge is 0.137 e. The summed E-state index contributed by atoms with van der Waals surface area (Å²) in [6.45, 7) is 2.01. The quantitative estimate of drug-likeness (QED) is 0.811. The van der Waals surface area contributed by atoms with Gasteiger partial charge in [0.2, 0.25) is 0 Å². The van der Waals surface area contributed by atoms with E-state index in [2.05, 4.69) is 31.9 Å². The minimum Gasteiger partial charge on any atom is -0.320 e. The maximum Gasteiger partial charge on any atom is 0.137 e. The van der Waals surface area contributed by atoms with Gasteiger partial charge in [-0.2, -0.15) is 0 Å². The Morgan fingerprint density at radius 2 is 1.83 bits per heavy atom. The second-order valence-electron chi connectivity index (χ2n) is 4.15. The average molecular weight is 373 g/mol. The number of nitrogens with two attached hydrogens (primary N) is 1. The van der Waals surface area contributed by atoms with Crippen molar-refractivity contribution in [3.63, 3.8) is 0 Å². The van der Waals surface area contributed by atoms with Crippen LogP contribution in [0.2, 0.25) is 0 Å². The second-order valence-corrected chi connectivity index (χ2v) is 5.92. The van der Waals surface area contributed by atoms with Crippen LogP contribution in [0.15, 0.2) is 45.3 Å². The zero-order valence-electron chi connectivity index (χ0n) is 9.75. The van der Waals surface area contributed by atoms with Gasteiger partial charge < -0.3 is 5.73 Å². The van der Waals surface area contributed by atoms with E-state index >= 15 is 0 Å². The van der Waals surface area contributed by atoms with Crippen LogP contribution in [0.1, 0.15) is 22.7 Å². The summed E-state index contributed by atoms with van der Waals surface area (Å²) in [4.78, 5) is 0. The molecule has 2 aromatic rings. The minimum absolute atomic E-state index is 0.255. The minimum atomic E-state index is -0.279. The van der Waals surface area contributed by atoms with Crippen molar-refractivity contribution >= 4 is 31.9 Å². The third kappa shape index (κ3) is 2.82. The molecule has 0 saturated heterocycles. The molecule has 2 rings (SSSR count). The van der Waals surface area contributed by atoms with Gasteiger partial charge in [-0.05, 0) is 63.8 Å². The van der Waals surface area contributed by atoms with E-state index in [1.807, 2.05) is 25.1 Å². The molecule has 1 nitrogen and oxygen atoms in total. The molecule has 0 aromatic heterocycles. The molecule has 0 aliphatic heterocycles. The van der Waals surface area contributed by atoms with Gasteiger partial charge in [0.15, 0.2) is 0 Å². The van der Waals surface area contributed by atoms with Crippen LogP contribution in [0.3, 0.4) is 0 Å². The Morgan fingerprint density at radius 3 is 2.44 bits per heavy atom. The lowest BCUT2D eigenvalue weighted by Crippen LogP contribution is -2.13. The summed E-state index contributed by atoms with van der Waals surface area (Å²) in [5.74, 6) is -0.279. The van der Waals surface area contributed by atoms with Crippen molar-refractivity contribution in [2.75, 3.05) is 0 Å². The van der Waals surface area contributed by atoms with Crippen LogP contribution in [0.25, 0.3) is 0 Å². The molecule has 0 radical (unpaired) electrons. The molecule has 1 unspecified atom stereocenters. The molecular formula is C14H12Br2FN. The largest absolute Gasteiger partial charge is 0.320 e. The monoisotopic (exact) mass is 371 g/mol. The SMILES string of the molecule is Cc1cc(Br)ccc1C(N)c1ccc(F)c(Br)c1. The van der Waals surface area contributed by atoms with Crippen molar-refractivity contribution in [2.24, 2.45) is 5.73 Å². The maximum atomic E-state index is 13.2.